The van der Waals surface area contributed by atoms with Crippen LogP contribution in [-0.4, -0.2) is 80.3 Å². The third kappa shape index (κ3) is 3.60. The fourth-order valence-electron chi connectivity index (χ4n) is 1.81. The molecule has 0 heterocycles. The van der Waals surface area contributed by atoms with Crippen LogP contribution in [0.25, 0.3) is 0 Å². The maximum absolute atomic E-state index is 9.31. The zero-order valence-corrected chi connectivity index (χ0v) is 9.49. The lowest BCUT2D eigenvalue weighted by Crippen LogP contribution is -2.65. The molecule has 0 fully saturated rings. The fourth-order valence-corrected chi connectivity index (χ4v) is 1.81. The van der Waals surface area contributed by atoms with Crippen molar-refractivity contribution >= 4 is 0 Å². The average Bonchev–Trinajstić information content (AvgIpc) is 1.83. The predicted octanol–water partition coefficient (Wildman–Crippen LogP) is -0.920. The van der Waals surface area contributed by atoms with Gasteiger partial charge in [0.15, 0.2) is 0 Å². The summed E-state index contributed by atoms with van der Waals surface area (Å²) in [6, 6.07) is 0. The molecule has 4 nitrogen and oxygen atoms in total. The summed E-state index contributed by atoms with van der Waals surface area (Å²) in [4.78, 5) is 0. The number of nitrogens with zero attached hydrogens (tertiary/aromatic N) is 2. The number of quaternary nitrogens is 2. The predicted molar refractivity (Wildman–Crippen MR) is 53.0 cm³/mol. The second-order valence-corrected chi connectivity index (χ2v) is 5.01. The van der Waals surface area contributed by atoms with Gasteiger partial charge in [-0.1, -0.05) is 0 Å². The molecule has 0 saturated heterocycles. The lowest BCUT2D eigenvalue weighted by atomic mass is 10.3. The van der Waals surface area contributed by atoms with Gasteiger partial charge in [0.25, 0.3) is 0 Å². The second kappa shape index (κ2) is 4.37. The van der Waals surface area contributed by atoms with Gasteiger partial charge in [-0.25, -0.2) is 0 Å². The number of rotatable bonds is 5. The molecule has 2 N–H and O–H groups in total. The maximum Gasteiger partial charge on any atom is 0.239 e. The normalized spacial score (nSPS) is 15.9. The van der Waals surface area contributed by atoms with Gasteiger partial charge in [0.1, 0.15) is 13.2 Å². The molecule has 0 saturated carbocycles. The molecule has 0 radical (unpaired) electrons. The van der Waals surface area contributed by atoms with E-state index < -0.39 is 0 Å². The molecule has 0 spiro atoms. The van der Waals surface area contributed by atoms with Crippen molar-refractivity contribution in [1.29, 1.82) is 0 Å². The molecule has 1 atom stereocenters. The zero-order valence-electron chi connectivity index (χ0n) is 9.49. The Kier molecular flexibility index (Phi) is 4.32. The Balaban J connectivity index is 4.56. The molecule has 0 aliphatic heterocycles. The van der Waals surface area contributed by atoms with Crippen LogP contribution in [0.4, 0.5) is 0 Å². The van der Waals surface area contributed by atoms with E-state index in [-0.39, 0.29) is 19.4 Å². The summed E-state index contributed by atoms with van der Waals surface area (Å²) in [5, 5.41) is 18.2. The van der Waals surface area contributed by atoms with E-state index in [1.165, 1.54) is 0 Å². The summed E-state index contributed by atoms with van der Waals surface area (Å²) in [6.45, 7) is 0.959. The van der Waals surface area contributed by atoms with Crippen LogP contribution in [0, 0.1) is 0 Å². The average molecular weight is 192 g/mol. The van der Waals surface area contributed by atoms with Crippen LogP contribution in [0.15, 0.2) is 0 Å². The first-order valence-electron chi connectivity index (χ1n) is 4.61. The molecule has 0 rings (SSSR count). The molecule has 0 aromatic carbocycles. The fraction of sp³-hybridized carbons (Fsp3) is 1.00. The molecule has 0 aromatic rings. The van der Waals surface area contributed by atoms with Gasteiger partial charge in [0.2, 0.25) is 6.17 Å². The van der Waals surface area contributed by atoms with Crippen molar-refractivity contribution in [2.45, 2.75) is 6.17 Å². The third-order valence-corrected chi connectivity index (χ3v) is 2.54. The van der Waals surface area contributed by atoms with E-state index >= 15 is 0 Å². The number of hydrogen-bond acceptors (Lipinski definition) is 2. The van der Waals surface area contributed by atoms with Crippen LogP contribution in [-0.2, 0) is 0 Å². The van der Waals surface area contributed by atoms with E-state index in [1.54, 1.807) is 0 Å². The summed E-state index contributed by atoms with van der Waals surface area (Å²) >= 11 is 0. The third-order valence-electron chi connectivity index (χ3n) is 2.54. The molecular formula is C9H24N2O2+2. The Morgan fingerprint density at radius 3 is 1.69 bits per heavy atom. The van der Waals surface area contributed by atoms with Crippen molar-refractivity contribution in [3.63, 3.8) is 0 Å². The van der Waals surface area contributed by atoms with Crippen molar-refractivity contribution in [3.05, 3.63) is 0 Å². The van der Waals surface area contributed by atoms with Crippen LogP contribution in [0.5, 0.6) is 0 Å². The Morgan fingerprint density at radius 1 is 1.00 bits per heavy atom. The van der Waals surface area contributed by atoms with E-state index in [2.05, 4.69) is 21.1 Å². The molecule has 0 aliphatic carbocycles. The Bertz CT molecular complexity index is 152. The lowest BCUT2D eigenvalue weighted by Gasteiger charge is -2.43. The summed E-state index contributed by atoms with van der Waals surface area (Å²) in [5.41, 5.74) is 0. The smallest absolute Gasteiger partial charge is 0.239 e. The molecule has 1 unspecified atom stereocenters. The number of aliphatic hydroxyl groups excluding tert-OH is 2. The van der Waals surface area contributed by atoms with Crippen molar-refractivity contribution in [3.8, 4) is 0 Å². The van der Waals surface area contributed by atoms with Gasteiger partial charge in [-0.05, 0) is 0 Å². The molecule has 0 aliphatic rings. The van der Waals surface area contributed by atoms with Crippen molar-refractivity contribution < 1.29 is 19.2 Å². The van der Waals surface area contributed by atoms with Gasteiger partial charge in [0, 0.05) is 0 Å². The molecule has 0 aromatic heterocycles. The van der Waals surface area contributed by atoms with Crippen LogP contribution >= 0.6 is 0 Å². The number of hydrogen-bond donors (Lipinski definition) is 2. The quantitative estimate of drug-likeness (QED) is 0.437. The van der Waals surface area contributed by atoms with E-state index in [0.717, 1.165) is 0 Å². The minimum absolute atomic E-state index is 0.104. The number of aliphatic hydroxyl groups is 2. The van der Waals surface area contributed by atoms with Gasteiger partial charge < -0.3 is 10.2 Å². The van der Waals surface area contributed by atoms with Crippen molar-refractivity contribution in [1.82, 2.24) is 0 Å². The van der Waals surface area contributed by atoms with E-state index in [1.807, 2.05) is 14.1 Å². The highest BCUT2D eigenvalue weighted by molar-refractivity contribution is 4.42. The van der Waals surface area contributed by atoms with Gasteiger partial charge >= 0.3 is 0 Å². The first kappa shape index (κ1) is 12.8. The Morgan fingerprint density at radius 2 is 1.46 bits per heavy atom. The van der Waals surface area contributed by atoms with Crippen LogP contribution in [0.2, 0.25) is 0 Å². The van der Waals surface area contributed by atoms with Gasteiger partial charge in [0.05, 0.1) is 41.8 Å². The van der Waals surface area contributed by atoms with E-state index in [4.69, 9.17) is 5.11 Å². The second-order valence-electron chi connectivity index (χ2n) is 5.01. The molecule has 4 heteroatoms. The standard InChI is InChI=1S/C9H24N2O2/c1-10(2,3)9(8-13)11(4,5)6-7-12/h9,12-13H,6-8H2,1-5H3/q+2. The number of likely N-dealkylation sites (N-methyl/N-ethyl adjacent to an activating group) is 2. The monoisotopic (exact) mass is 192 g/mol. The summed E-state index contributed by atoms with van der Waals surface area (Å²) in [6.07, 6.45) is 0.104. The minimum atomic E-state index is 0.104. The van der Waals surface area contributed by atoms with E-state index in [9.17, 15) is 5.11 Å². The highest BCUT2D eigenvalue weighted by atomic mass is 16.3. The first-order chi connectivity index (χ1) is 5.75. The van der Waals surface area contributed by atoms with E-state index in [0.29, 0.717) is 15.5 Å². The van der Waals surface area contributed by atoms with Gasteiger partial charge in [-0.2, -0.15) is 0 Å². The highest BCUT2D eigenvalue weighted by Gasteiger charge is 2.37. The van der Waals surface area contributed by atoms with Gasteiger partial charge in [-0.3, -0.25) is 8.97 Å². The van der Waals surface area contributed by atoms with Gasteiger partial charge in [-0.15, -0.1) is 0 Å². The zero-order chi connectivity index (χ0) is 10.7. The molecule has 80 valence electrons. The molecular weight excluding hydrogens is 168 g/mol. The summed E-state index contributed by atoms with van der Waals surface area (Å²) in [7, 11) is 10.2. The Hall–Kier alpha value is -0.160. The van der Waals surface area contributed by atoms with Crippen LogP contribution in [0.1, 0.15) is 0 Å². The Labute approximate surface area is 81.2 Å². The first-order valence-corrected chi connectivity index (χ1v) is 4.61. The molecule has 0 bridgehead atoms. The SMILES string of the molecule is C[N+](C)(C)C(CO)[N+](C)(C)CCO. The maximum atomic E-state index is 9.31. The lowest BCUT2D eigenvalue weighted by molar-refractivity contribution is -1.10. The topological polar surface area (TPSA) is 40.5 Å². The largest absolute Gasteiger partial charge is 0.391 e. The van der Waals surface area contributed by atoms with Crippen LogP contribution < -0.4 is 0 Å². The van der Waals surface area contributed by atoms with Crippen molar-refractivity contribution in [2.75, 3.05) is 55.0 Å². The molecule has 13 heavy (non-hydrogen) atoms. The van der Waals surface area contributed by atoms with Crippen LogP contribution in [0.3, 0.4) is 0 Å². The van der Waals surface area contributed by atoms with Crippen molar-refractivity contribution in [2.24, 2.45) is 0 Å². The minimum Gasteiger partial charge on any atom is -0.391 e. The summed E-state index contributed by atoms with van der Waals surface area (Å²) in [5.74, 6) is 0. The highest BCUT2D eigenvalue weighted by Crippen LogP contribution is 2.13. The summed E-state index contributed by atoms with van der Waals surface area (Å²) < 4.78 is 1.33. The molecule has 0 amide bonds.